The van der Waals surface area contributed by atoms with Gasteiger partial charge in [0, 0.05) is 19.1 Å². The van der Waals surface area contributed by atoms with E-state index in [2.05, 4.69) is 66.7 Å². The molecule has 2 aromatic carbocycles. The Kier molecular flexibility index (Phi) is 6.80. The van der Waals surface area contributed by atoms with Crippen molar-refractivity contribution in [3.63, 3.8) is 0 Å². The van der Waals surface area contributed by atoms with Gasteiger partial charge in [0.2, 0.25) is 0 Å². The normalized spacial score (nSPS) is 13.5. The minimum atomic E-state index is -0.124. The Hall–Kier alpha value is -2.15. The van der Waals surface area contributed by atoms with Gasteiger partial charge in [0.05, 0.1) is 12.1 Å². The van der Waals surface area contributed by atoms with Gasteiger partial charge in [0.1, 0.15) is 0 Å². The monoisotopic (exact) mass is 307 g/mol. The number of benzene rings is 2. The van der Waals surface area contributed by atoms with Crippen LogP contribution in [0.2, 0.25) is 0 Å². The van der Waals surface area contributed by atoms with E-state index in [4.69, 9.17) is 0 Å². The summed E-state index contributed by atoms with van der Waals surface area (Å²) in [6.07, 6.45) is 0.816. The van der Waals surface area contributed by atoms with Crippen LogP contribution in [0.25, 0.3) is 0 Å². The molecule has 0 aliphatic carbocycles. The molecule has 23 heavy (non-hydrogen) atoms. The van der Waals surface area contributed by atoms with Gasteiger partial charge in [-0.3, -0.25) is 10.2 Å². The third kappa shape index (κ3) is 5.52. The molecule has 0 aliphatic rings. The van der Waals surface area contributed by atoms with Crippen molar-refractivity contribution in [2.24, 2.45) is 0 Å². The molecule has 0 amide bonds. The first-order valence-corrected chi connectivity index (χ1v) is 8.13. The molecule has 2 atom stereocenters. The highest BCUT2D eigenvalue weighted by Gasteiger charge is 2.14. The van der Waals surface area contributed by atoms with E-state index < -0.39 is 0 Å². The Morgan fingerprint density at radius 1 is 1.04 bits per heavy atom. The highest BCUT2D eigenvalue weighted by molar-refractivity contribution is 5.18. The quantitative estimate of drug-likeness (QED) is 0.807. The summed E-state index contributed by atoms with van der Waals surface area (Å²) in [6, 6.07) is 23.3. The van der Waals surface area contributed by atoms with Crippen molar-refractivity contribution in [2.75, 3.05) is 13.6 Å². The van der Waals surface area contributed by atoms with E-state index >= 15 is 0 Å². The Balaban J connectivity index is 1.79. The first-order chi connectivity index (χ1) is 11.2. The first-order valence-electron chi connectivity index (χ1n) is 8.13. The van der Waals surface area contributed by atoms with E-state index in [1.807, 2.05) is 24.3 Å². The van der Waals surface area contributed by atoms with Crippen LogP contribution in [-0.4, -0.2) is 24.5 Å². The maximum absolute atomic E-state index is 9.34. The van der Waals surface area contributed by atoms with Crippen molar-refractivity contribution in [1.82, 2.24) is 10.2 Å². The third-order valence-electron chi connectivity index (χ3n) is 4.26. The number of nitriles is 1. The lowest BCUT2D eigenvalue weighted by atomic mass is 10.1. The minimum Gasteiger partial charge on any atom is -0.300 e. The van der Waals surface area contributed by atoms with Crippen molar-refractivity contribution in [3.8, 4) is 6.07 Å². The lowest BCUT2D eigenvalue weighted by molar-refractivity contribution is 0.251. The van der Waals surface area contributed by atoms with Gasteiger partial charge in [-0.15, -0.1) is 0 Å². The van der Waals surface area contributed by atoms with Gasteiger partial charge in [0.25, 0.3) is 0 Å². The molecule has 0 spiro atoms. The van der Waals surface area contributed by atoms with Crippen LogP contribution in [0, 0.1) is 11.3 Å². The molecule has 0 bridgehead atoms. The van der Waals surface area contributed by atoms with Crippen molar-refractivity contribution >= 4 is 0 Å². The number of nitrogens with one attached hydrogen (secondary N) is 1. The molecule has 0 aromatic heterocycles. The summed E-state index contributed by atoms with van der Waals surface area (Å²) in [5.74, 6) is 0. The van der Waals surface area contributed by atoms with E-state index in [0.717, 1.165) is 19.5 Å². The highest BCUT2D eigenvalue weighted by atomic mass is 15.1. The Morgan fingerprint density at radius 3 is 2.26 bits per heavy atom. The topological polar surface area (TPSA) is 39.1 Å². The lowest BCUT2D eigenvalue weighted by Crippen LogP contribution is -2.32. The average Bonchev–Trinajstić information content (AvgIpc) is 2.62. The van der Waals surface area contributed by atoms with Crippen LogP contribution < -0.4 is 5.32 Å². The Labute approximate surface area is 139 Å². The maximum Gasteiger partial charge on any atom is 0.0967 e. The summed E-state index contributed by atoms with van der Waals surface area (Å²) in [5.41, 5.74) is 2.51. The number of hydrogen-bond acceptors (Lipinski definition) is 3. The molecule has 120 valence electrons. The standard InChI is InChI=1S/C20H25N3/c1-17(19-11-7-4-8-12-19)23(2)14-13-20(15-21)22-16-18-9-5-3-6-10-18/h3-12,17,20,22H,13-14,16H2,1-2H3/t17-,20+/m0/s1. The molecule has 3 nitrogen and oxygen atoms in total. The fraction of sp³-hybridized carbons (Fsp3) is 0.350. The molecule has 2 rings (SSSR count). The molecule has 0 fully saturated rings. The lowest BCUT2D eigenvalue weighted by Gasteiger charge is -2.26. The van der Waals surface area contributed by atoms with E-state index in [1.165, 1.54) is 11.1 Å². The van der Waals surface area contributed by atoms with Crippen molar-refractivity contribution in [2.45, 2.75) is 32.0 Å². The fourth-order valence-electron chi connectivity index (χ4n) is 2.56. The van der Waals surface area contributed by atoms with E-state index in [-0.39, 0.29) is 6.04 Å². The van der Waals surface area contributed by atoms with Gasteiger partial charge < -0.3 is 0 Å². The second-order valence-electron chi connectivity index (χ2n) is 5.90. The van der Waals surface area contributed by atoms with E-state index in [9.17, 15) is 5.26 Å². The summed E-state index contributed by atoms with van der Waals surface area (Å²) < 4.78 is 0. The molecule has 0 saturated heterocycles. The third-order valence-corrected chi connectivity index (χ3v) is 4.26. The molecule has 3 heteroatoms. The fourth-order valence-corrected chi connectivity index (χ4v) is 2.56. The molecule has 0 radical (unpaired) electrons. The minimum absolute atomic E-state index is 0.124. The van der Waals surface area contributed by atoms with Crippen LogP contribution in [0.3, 0.4) is 0 Å². The summed E-state index contributed by atoms with van der Waals surface area (Å²) >= 11 is 0. The predicted octanol–water partition coefficient (Wildman–Crippen LogP) is 3.75. The number of nitrogens with zero attached hydrogens (tertiary/aromatic N) is 2. The SMILES string of the molecule is C[C@@H](c1ccccc1)N(C)CC[C@H](C#N)NCc1ccccc1. The van der Waals surface area contributed by atoms with Crippen LogP contribution in [-0.2, 0) is 6.54 Å². The van der Waals surface area contributed by atoms with Gasteiger partial charge in [0.15, 0.2) is 0 Å². The largest absolute Gasteiger partial charge is 0.300 e. The molecule has 0 saturated carbocycles. The van der Waals surface area contributed by atoms with Crippen LogP contribution in [0.4, 0.5) is 0 Å². The molecular formula is C20H25N3. The number of hydrogen-bond donors (Lipinski definition) is 1. The zero-order valence-electron chi connectivity index (χ0n) is 13.9. The molecular weight excluding hydrogens is 282 g/mol. The maximum atomic E-state index is 9.34. The Bertz CT molecular complexity index is 604. The zero-order chi connectivity index (χ0) is 16.5. The van der Waals surface area contributed by atoms with Gasteiger partial charge in [-0.05, 0) is 31.5 Å². The molecule has 1 N–H and O–H groups in total. The highest BCUT2D eigenvalue weighted by Crippen LogP contribution is 2.18. The summed E-state index contributed by atoms with van der Waals surface area (Å²) in [5, 5.41) is 12.7. The van der Waals surface area contributed by atoms with E-state index in [0.29, 0.717) is 6.04 Å². The predicted molar refractivity (Wildman–Crippen MR) is 94.8 cm³/mol. The van der Waals surface area contributed by atoms with Gasteiger partial charge >= 0.3 is 0 Å². The molecule has 0 unspecified atom stereocenters. The average molecular weight is 307 g/mol. The van der Waals surface area contributed by atoms with Crippen molar-refractivity contribution in [1.29, 1.82) is 5.26 Å². The van der Waals surface area contributed by atoms with Crippen molar-refractivity contribution < 1.29 is 0 Å². The molecule has 2 aromatic rings. The van der Waals surface area contributed by atoms with Crippen LogP contribution in [0.15, 0.2) is 60.7 Å². The smallest absolute Gasteiger partial charge is 0.0967 e. The summed E-state index contributed by atoms with van der Waals surface area (Å²) in [4.78, 5) is 2.30. The van der Waals surface area contributed by atoms with Crippen LogP contribution >= 0.6 is 0 Å². The summed E-state index contributed by atoms with van der Waals surface area (Å²) in [7, 11) is 2.11. The first kappa shape index (κ1) is 17.2. The Morgan fingerprint density at radius 2 is 1.65 bits per heavy atom. The summed E-state index contributed by atoms with van der Waals surface area (Å²) in [6.45, 7) is 3.82. The van der Waals surface area contributed by atoms with Crippen molar-refractivity contribution in [3.05, 3.63) is 71.8 Å². The van der Waals surface area contributed by atoms with Gasteiger partial charge in [-0.2, -0.15) is 5.26 Å². The second kappa shape index (κ2) is 9.09. The van der Waals surface area contributed by atoms with Crippen LogP contribution in [0.5, 0.6) is 0 Å². The van der Waals surface area contributed by atoms with Gasteiger partial charge in [-0.1, -0.05) is 60.7 Å². The van der Waals surface area contributed by atoms with Crippen LogP contribution in [0.1, 0.15) is 30.5 Å². The number of rotatable bonds is 8. The zero-order valence-corrected chi connectivity index (χ0v) is 13.9. The van der Waals surface area contributed by atoms with Gasteiger partial charge in [-0.25, -0.2) is 0 Å². The molecule has 0 aliphatic heterocycles. The van der Waals surface area contributed by atoms with E-state index in [1.54, 1.807) is 0 Å². The molecule has 0 heterocycles. The second-order valence-corrected chi connectivity index (χ2v) is 5.90.